The van der Waals surface area contributed by atoms with Crippen LogP contribution in [0.3, 0.4) is 0 Å². The maximum atomic E-state index is 13.7. The van der Waals surface area contributed by atoms with Crippen LogP contribution >= 0.6 is 11.6 Å². The molecule has 4 heteroatoms. The molecular formula is C12H14ClF2N. The van der Waals surface area contributed by atoms with E-state index in [0.717, 1.165) is 12.8 Å². The van der Waals surface area contributed by atoms with Crippen molar-refractivity contribution in [3.8, 4) is 0 Å². The number of alkyl halides is 3. The zero-order valence-corrected chi connectivity index (χ0v) is 9.55. The molecule has 0 bridgehead atoms. The summed E-state index contributed by atoms with van der Waals surface area (Å²) in [6.45, 7) is -0.314. The van der Waals surface area contributed by atoms with Gasteiger partial charge in [0.1, 0.15) is 0 Å². The van der Waals surface area contributed by atoms with E-state index in [4.69, 9.17) is 11.6 Å². The zero-order chi connectivity index (χ0) is 11.6. The van der Waals surface area contributed by atoms with Crippen LogP contribution < -0.4 is 5.32 Å². The quantitative estimate of drug-likeness (QED) is 0.804. The minimum absolute atomic E-state index is 0.0595. The molecule has 0 aliphatic heterocycles. The van der Waals surface area contributed by atoms with Gasteiger partial charge >= 0.3 is 0 Å². The number of rotatable bonds is 4. The van der Waals surface area contributed by atoms with Gasteiger partial charge in [-0.2, -0.15) is 8.78 Å². The molecule has 1 N–H and O–H groups in total. The van der Waals surface area contributed by atoms with Crippen LogP contribution in [0, 0.1) is 0 Å². The summed E-state index contributed by atoms with van der Waals surface area (Å²) in [4.78, 5) is 0. The second-order valence-electron chi connectivity index (χ2n) is 4.22. The highest BCUT2D eigenvalue weighted by Crippen LogP contribution is 2.29. The Morgan fingerprint density at radius 3 is 2.44 bits per heavy atom. The van der Waals surface area contributed by atoms with Gasteiger partial charge in [-0.15, -0.1) is 11.6 Å². The molecule has 0 spiro atoms. The highest BCUT2D eigenvalue weighted by molar-refractivity contribution is 6.21. The molecule has 2 rings (SSSR count). The number of nitrogens with one attached hydrogen (secondary N) is 1. The first-order chi connectivity index (χ1) is 7.58. The van der Waals surface area contributed by atoms with Crippen molar-refractivity contribution in [2.45, 2.75) is 30.2 Å². The van der Waals surface area contributed by atoms with Crippen LogP contribution in [0.1, 0.15) is 18.4 Å². The molecule has 0 heterocycles. The molecule has 0 atom stereocenters. The topological polar surface area (TPSA) is 12.0 Å². The molecule has 88 valence electrons. The first-order valence-corrected chi connectivity index (χ1v) is 5.82. The maximum absolute atomic E-state index is 13.7. The van der Waals surface area contributed by atoms with Gasteiger partial charge in [0.15, 0.2) is 0 Å². The molecule has 0 unspecified atom stereocenters. The van der Waals surface area contributed by atoms with Gasteiger partial charge in [0.05, 0.1) is 6.54 Å². The van der Waals surface area contributed by atoms with E-state index in [0.29, 0.717) is 0 Å². The minimum Gasteiger partial charge on any atom is -0.308 e. The van der Waals surface area contributed by atoms with Gasteiger partial charge in [-0.3, -0.25) is 0 Å². The molecule has 16 heavy (non-hydrogen) atoms. The van der Waals surface area contributed by atoms with Crippen LogP contribution in [0.25, 0.3) is 0 Å². The van der Waals surface area contributed by atoms with E-state index in [9.17, 15) is 8.78 Å². The van der Waals surface area contributed by atoms with Crippen LogP contribution in [0.5, 0.6) is 0 Å². The summed E-state index contributed by atoms with van der Waals surface area (Å²) in [6, 6.07) is 8.04. The van der Waals surface area contributed by atoms with Crippen LogP contribution in [0.2, 0.25) is 0 Å². The van der Waals surface area contributed by atoms with Crippen LogP contribution in [-0.2, 0) is 5.92 Å². The fourth-order valence-corrected chi connectivity index (χ4v) is 2.20. The lowest BCUT2D eigenvalue weighted by atomic mass is 9.92. The van der Waals surface area contributed by atoms with Crippen molar-refractivity contribution in [1.29, 1.82) is 0 Å². The van der Waals surface area contributed by atoms with Crippen molar-refractivity contribution in [2.75, 3.05) is 6.54 Å². The van der Waals surface area contributed by atoms with Gasteiger partial charge < -0.3 is 5.32 Å². The summed E-state index contributed by atoms with van der Waals surface area (Å²) in [5, 5.41) is 3.01. The van der Waals surface area contributed by atoms with Gasteiger partial charge in [-0.25, -0.2) is 0 Å². The van der Waals surface area contributed by atoms with Crippen molar-refractivity contribution >= 4 is 11.6 Å². The highest BCUT2D eigenvalue weighted by atomic mass is 35.5. The van der Waals surface area contributed by atoms with Crippen LogP contribution in [-0.4, -0.2) is 18.0 Å². The maximum Gasteiger partial charge on any atom is 0.285 e. The van der Waals surface area contributed by atoms with E-state index in [2.05, 4.69) is 5.32 Å². The second-order valence-corrected chi connectivity index (χ2v) is 4.83. The zero-order valence-electron chi connectivity index (χ0n) is 8.80. The third-order valence-electron chi connectivity index (χ3n) is 2.89. The van der Waals surface area contributed by atoms with Crippen molar-refractivity contribution in [1.82, 2.24) is 5.32 Å². The normalized spacial score (nSPS) is 25.2. The van der Waals surface area contributed by atoms with E-state index in [1.807, 2.05) is 0 Å². The lowest BCUT2D eigenvalue weighted by Crippen LogP contribution is -2.45. The van der Waals surface area contributed by atoms with E-state index in [1.165, 1.54) is 12.1 Å². The molecule has 1 nitrogen and oxygen atoms in total. The van der Waals surface area contributed by atoms with Crippen molar-refractivity contribution in [2.24, 2.45) is 0 Å². The first kappa shape index (κ1) is 11.8. The molecule has 0 amide bonds. The van der Waals surface area contributed by atoms with E-state index < -0.39 is 5.92 Å². The SMILES string of the molecule is FC(F)(CNC1CC(Cl)C1)c1ccccc1. The smallest absolute Gasteiger partial charge is 0.285 e. The molecule has 0 saturated heterocycles. The molecule has 1 aromatic carbocycles. The Hall–Kier alpha value is -0.670. The highest BCUT2D eigenvalue weighted by Gasteiger charge is 2.34. The van der Waals surface area contributed by atoms with Crippen LogP contribution in [0.4, 0.5) is 8.78 Å². The average Bonchev–Trinajstić information content (AvgIpc) is 2.24. The van der Waals surface area contributed by atoms with Crippen molar-refractivity contribution in [3.05, 3.63) is 35.9 Å². The summed E-state index contributed by atoms with van der Waals surface area (Å²) in [5.41, 5.74) is 0.0595. The molecule has 1 aromatic rings. The van der Waals surface area contributed by atoms with E-state index in [1.54, 1.807) is 18.2 Å². The van der Waals surface area contributed by atoms with E-state index >= 15 is 0 Å². The number of halogens is 3. The Balaban J connectivity index is 1.88. The number of hydrogen-bond donors (Lipinski definition) is 1. The number of benzene rings is 1. The number of hydrogen-bond acceptors (Lipinski definition) is 1. The summed E-state index contributed by atoms with van der Waals surface area (Å²) >= 11 is 5.78. The largest absolute Gasteiger partial charge is 0.308 e. The van der Waals surface area contributed by atoms with Crippen molar-refractivity contribution in [3.63, 3.8) is 0 Å². The molecule has 0 radical (unpaired) electrons. The fraction of sp³-hybridized carbons (Fsp3) is 0.500. The Bertz CT molecular complexity index is 336. The first-order valence-electron chi connectivity index (χ1n) is 5.39. The molecule has 1 fully saturated rings. The van der Waals surface area contributed by atoms with E-state index in [-0.39, 0.29) is 23.5 Å². The molecule has 0 aromatic heterocycles. The Morgan fingerprint density at radius 2 is 1.88 bits per heavy atom. The lowest BCUT2D eigenvalue weighted by Gasteiger charge is -2.33. The molecular weight excluding hydrogens is 232 g/mol. The predicted octanol–water partition coefficient (Wildman–Crippen LogP) is 3.14. The minimum atomic E-state index is -2.81. The Morgan fingerprint density at radius 1 is 1.25 bits per heavy atom. The third-order valence-corrected chi connectivity index (χ3v) is 3.25. The Labute approximate surface area is 98.8 Å². The summed E-state index contributed by atoms with van der Waals surface area (Å²) in [7, 11) is 0. The average molecular weight is 246 g/mol. The van der Waals surface area contributed by atoms with Gasteiger partial charge in [0.2, 0.25) is 0 Å². The predicted molar refractivity (Wildman–Crippen MR) is 61.0 cm³/mol. The molecule has 1 aliphatic carbocycles. The lowest BCUT2D eigenvalue weighted by molar-refractivity contribution is -0.00803. The Kier molecular flexibility index (Phi) is 3.45. The van der Waals surface area contributed by atoms with Gasteiger partial charge in [0, 0.05) is 17.0 Å². The van der Waals surface area contributed by atoms with Gasteiger partial charge in [0.25, 0.3) is 5.92 Å². The monoisotopic (exact) mass is 245 g/mol. The summed E-state index contributed by atoms with van der Waals surface area (Å²) in [6.07, 6.45) is 1.57. The van der Waals surface area contributed by atoms with Crippen LogP contribution in [0.15, 0.2) is 30.3 Å². The summed E-state index contributed by atoms with van der Waals surface area (Å²) < 4.78 is 27.4. The van der Waals surface area contributed by atoms with Crippen molar-refractivity contribution < 1.29 is 8.78 Å². The van der Waals surface area contributed by atoms with Gasteiger partial charge in [-0.05, 0) is 12.8 Å². The third kappa shape index (κ3) is 2.71. The van der Waals surface area contributed by atoms with Gasteiger partial charge in [-0.1, -0.05) is 30.3 Å². The molecule has 1 saturated carbocycles. The summed E-state index contributed by atoms with van der Waals surface area (Å²) in [5.74, 6) is -2.81. The molecule has 1 aliphatic rings. The standard InChI is InChI=1S/C12H14ClF2N/c13-10-6-11(7-10)16-8-12(14,15)9-4-2-1-3-5-9/h1-5,10-11,16H,6-8H2. The fourth-order valence-electron chi connectivity index (χ4n) is 1.77. The second kappa shape index (κ2) is 4.68.